The molecule has 1 saturated carbocycles. The molecular formula is C27H30ClFN2O5. The number of halogens is 2. The van der Waals surface area contributed by atoms with Crippen LogP contribution in [-0.2, 0) is 17.9 Å². The molecule has 36 heavy (non-hydrogen) atoms. The Kier molecular flexibility index (Phi) is 7.76. The lowest BCUT2D eigenvalue weighted by Gasteiger charge is -2.44. The summed E-state index contributed by atoms with van der Waals surface area (Å²) in [4.78, 5) is 13.6. The van der Waals surface area contributed by atoms with Gasteiger partial charge in [-0.1, -0.05) is 29.8 Å². The van der Waals surface area contributed by atoms with E-state index in [2.05, 4.69) is 4.90 Å². The van der Waals surface area contributed by atoms with Gasteiger partial charge >= 0.3 is 5.97 Å². The number of aliphatic carboxylic acids is 1. The smallest absolute Gasteiger partial charge is 0.306 e. The van der Waals surface area contributed by atoms with Gasteiger partial charge in [-0.3, -0.25) is 14.3 Å². The van der Waals surface area contributed by atoms with Crippen LogP contribution in [-0.4, -0.2) is 43.4 Å². The molecular weight excluding hydrogens is 487 g/mol. The normalized spacial score (nSPS) is 18.1. The van der Waals surface area contributed by atoms with E-state index < -0.39 is 11.8 Å². The van der Waals surface area contributed by atoms with Crippen LogP contribution < -0.4 is 4.74 Å². The molecule has 3 aromatic rings. The number of nitrogens with zero attached hydrogens (tertiary/aromatic N) is 2. The summed E-state index contributed by atoms with van der Waals surface area (Å²) in [6, 6.07) is 13.4. The van der Waals surface area contributed by atoms with E-state index in [0.29, 0.717) is 31.7 Å². The average molecular weight is 517 g/mol. The monoisotopic (exact) mass is 516 g/mol. The minimum absolute atomic E-state index is 0.0286. The van der Waals surface area contributed by atoms with Gasteiger partial charge < -0.3 is 20.1 Å². The molecule has 0 spiro atoms. The van der Waals surface area contributed by atoms with E-state index in [4.69, 9.17) is 16.3 Å². The molecule has 0 amide bonds. The topological polar surface area (TPSA) is 95.2 Å². The Bertz CT molecular complexity index is 1220. The second kappa shape index (κ2) is 10.8. The van der Waals surface area contributed by atoms with Crippen molar-refractivity contribution in [3.63, 3.8) is 0 Å². The first-order valence-corrected chi connectivity index (χ1v) is 12.2. The predicted octanol–water partition coefficient (Wildman–Crippen LogP) is 5.51. The average Bonchev–Trinajstić information content (AvgIpc) is 3.12. The fourth-order valence-electron chi connectivity index (χ4n) is 4.71. The van der Waals surface area contributed by atoms with Crippen LogP contribution in [0.2, 0.25) is 5.02 Å². The van der Waals surface area contributed by atoms with Crippen molar-refractivity contribution < 1.29 is 29.2 Å². The van der Waals surface area contributed by atoms with E-state index >= 15 is 0 Å². The summed E-state index contributed by atoms with van der Waals surface area (Å²) in [5.74, 6) is -0.979. The highest BCUT2D eigenvalue weighted by Crippen LogP contribution is 2.38. The molecule has 1 unspecified atom stereocenters. The molecule has 3 N–H and O–H groups in total. The van der Waals surface area contributed by atoms with Gasteiger partial charge in [0.25, 0.3) is 0 Å². The van der Waals surface area contributed by atoms with E-state index in [1.54, 1.807) is 12.1 Å². The van der Waals surface area contributed by atoms with Gasteiger partial charge in [-0.05, 0) is 61.6 Å². The van der Waals surface area contributed by atoms with Crippen LogP contribution in [0.15, 0.2) is 48.5 Å². The Morgan fingerprint density at radius 2 is 1.86 bits per heavy atom. The number of carboxylic acid groups (broad SMARTS) is 1. The van der Waals surface area contributed by atoms with E-state index in [-0.39, 0.29) is 41.4 Å². The third kappa shape index (κ3) is 5.60. The zero-order chi connectivity index (χ0) is 26.0. The van der Waals surface area contributed by atoms with Crippen molar-refractivity contribution in [1.82, 2.24) is 9.47 Å². The lowest BCUT2D eigenvalue weighted by molar-refractivity contribution is -0.147. The van der Waals surface area contributed by atoms with Crippen molar-refractivity contribution in [2.75, 3.05) is 6.61 Å². The van der Waals surface area contributed by atoms with Gasteiger partial charge in [-0.25, -0.2) is 4.39 Å². The number of carbonyl (C=O) groups is 1. The van der Waals surface area contributed by atoms with Crippen molar-refractivity contribution in [3.8, 4) is 17.5 Å². The van der Waals surface area contributed by atoms with Gasteiger partial charge in [0.2, 0.25) is 0 Å². The van der Waals surface area contributed by atoms with Crippen LogP contribution in [0.25, 0.3) is 0 Å². The summed E-state index contributed by atoms with van der Waals surface area (Å²) in [6.45, 7) is 5.05. The fraction of sp³-hybridized carbons (Fsp3) is 0.370. The highest BCUT2D eigenvalue weighted by atomic mass is 35.5. The van der Waals surface area contributed by atoms with Gasteiger partial charge in [0.1, 0.15) is 18.2 Å². The highest BCUT2D eigenvalue weighted by molar-refractivity contribution is 6.30. The minimum Gasteiger partial charge on any atom is -0.494 e. The number of aromatic nitrogens is 1. The molecule has 1 heterocycles. The number of hydrogen-bond donors (Lipinski definition) is 3. The third-order valence-corrected chi connectivity index (χ3v) is 7.27. The number of hydrogen-bond acceptors (Lipinski definition) is 5. The van der Waals surface area contributed by atoms with Gasteiger partial charge in [0.05, 0.1) is 17.5 Å². The van der Waals surface area contributed by atoms with Crippen LogP contribution in [0.4, 0.5) is 4.39 Å². The summed E-state index contributed by atoms with van der Waals surface area (Å²) in [5, 5.41) is 28.9. The Labute approximate surface area is 214 Å². The number of benzene rings is 2. The molecule has 7 nitrogen and oxygen atoms in total. The van der Waals surface area contributed by atoms with E-state index in [0.717, 1.165) is 16.7 Å². The second-order valence-corrected chi connectivity index (χ2v) is 9.74. The zero-order valence-electron chi connectivity index (χ0n) is 20.2. The Hall–Kier alpha value is -3.23. The number of rotatable bonds is 10. The molecule has 1 aromatic heterocycles. The minimum atomic E-state index is -0.782. The van der Waals surface area contributed by atoms with Crippen molar-refractivity contribution >= 4 is 17.6 Å². The van der Waals surface area contributed by atoms with Crippen molar-refractivity contribution in [2.45, 2.75) is 51.9 Å². The van der Waals surface area contributed by atoms with Gasteiger partial charge in [-0.2, -0.15) is 0 Å². The summed E-state index contributed by atoms with van der Waals surface area (Å²) in [5.41, 5.74) is 2.74. The number of carboxylic acids is 1. The van der Waals surface area contributed by atoms with Gasteiger partial charge in [0.15, 0.2) is 11.8 Å². The quantitative estimate of drug-likeness (QED) is 0.329. The first-order chi connectivity index (χ1) is 17.1. The van der Waals surface area contributed by atoms with Crippen LogP contribution in [0.5, 0.6) is 17.5 Å². The van der Waals surface area contributed by atoms with Gasteiger partial charge in [0, 0.05) is 30.8 Å². The standard InChI is InChI=1S/C27H30ClFN2O5/c1-16-11-18(3-6-24(16)36-10-9-30-25(32)7-8-26(30)33)15-31(21-12-20(13-21)27(34)35)17(2)19-4-5-22(28)23(29)14-19/h3-8,11,14,17,20-21,32-33H,9-10,12-13,15H2,1-2H3,(H,34,35). The summed E-state index contributed by atoms with van der Waals surface area (Å²) >= 11 is 5.87. The van der Waals surface area contributed by atoms with E-state index in [9.17, 15) is 24.5 Å². The van der Waals surface area contributed by atoms with Crippen LogP contribution >= 0.6 is 11.6 Å². The third-order valence-electron chi connectivity index (χ3n) is 6.97. The fourth-order valence-corrected chi connectivity index (χ4v) is 4.83. The molecule has 192 valence electrons. The molecule has 9 heteroatoms. The molecule has 0 saturated heterocycles. The van der Waals surface area contributed by atoms with Crippen LogP contribution in [0, 0.1) is 18.7 Å². The summed E-state index contributed by atoms with van der Waals surface area (Å²) in [6.07, 6.45) is 1.10. The molecule has 1 aliphatic carbocycles. The Balaban J connectivity index is 1.46. The summed E-state index contributed by atoms with van der Waals surface area (Å²) < 4.78 is 21.4. The van der Waals surface area contributed by atoms with Crippen LogP contribution in [0.1, 0.15) is 42.5 Å². The maximum atomic E-state index is 14.2. The zero-order valence-corrected chi connectivity index (χ0v) is 21.0. The Morgan fingerprint density at radius 1 is 1.17 bits per heavy atom. The maximum absolute atomic E-state index is 14.2. The predicted molar refractivity (Wildman–Crippen MR) is 134 cm³/mol. The first-order valence-electron chi connectivity index (χ1n) is 11.9. The Morgan fingerprint density at radius 3 is 2.47 bits per heavy atom. The van der Waals surface area contributed by atoms with Crippen molar-refractivity contribution in [1.29, 1.82) is 0 Å². The number of ether oxygens (including phenoxy) is 1. The molecule has 1 aliphatic rings. The molecule has 0 bridgehead atoms. The molecule has 4 rings (SSSR count). The van der Waals surface area contributed by atoms with E-state index in [1.165, 1.54) is 22.8 Å². The second-order valence-electron chi connectivity index (χ2n) is 9.33. The molecule has 1 fully saturated rings. The van der Waals surface area contributed by atoms with E-state index in [1.807, 2.05) is 32.0 Å². The van der Waals surface area contributed by atoms with Crippen molar-refractivity contribution in [3.05, 3.63) is 76.1 Å². The summed E-state index contributed by atoms with van der Waals surface area (Å²) in [7, 11) is 0. The lowest BCUT2D eigenvalue weighted by atomic mass is 9.78. The molecule has 2 aromatic carbocycles. The maximum Gasteiger partial charge on any atom is 0.306 e. The SMILES string of the molecule is Cc1cc(CN(C2CC(C(=O)O)C2)C(C)c2ccc(Cl)c(F)c2)ccc1OCCn1c(O)ccc1O. The number of aryl methyl sites for hydroxylation is 1. The van der Waals surface area contributed by atoms with Crippen molar-refractivity contribution in [2.24, 2.45) is 5.92 Å². The molecule has 1 atom stereocenters. The van der Waals surface area contributed by atoms with Gasteiger partial charge in [-0.15, -0.1) is 0 Å². The molecule has 0 aliphatic heterocycles. The lowest BCUT2D eigenvalue weighted by Crippen LogP contribution is -2.47. The largest absolute Gasteiger partial charge is 0.494 e. The first kappa shape index (κ1) is 25.9. The highest BCUT2D eigenvalue weighted by Gasteiger charge is 2.39. The number of aromatic hydroxyl groups is 2. The molecule has 0 radical (unpaired) electrons. The van der Waals surface area contributed by atoms with Crippen LogP contribution in [0.3, 0.4) is 0 Å².